The Labute approximate surface area is 218 Å². The maximum absolute atomic E-state index is 13.1. The van der Waals surface area contributed by atoms with Gasteiger partial charge in [0.1, 0.15) is 4.90 Å². The Bertz CT molecular complexity index is 1580. The Morgan fingerprint density at radius 2 is 1.84 bits per heavy atom. The van der Waals surface area contributed by atoms with Gasteiger partial charge in [0.2, 0.25) is 15.9 Å². The minimum atomic E-state index is -4.12. The summed E-state index contributed by atoms with van der Waals surface area (Å²) in [4.78, 5) is 28.7. The molecule has 11 nitrogen and oxygen atoms in total. The molecule has 0 saturated heterocycles. The summed E-state index contributed by atoms with van der Waals surface area (Å²) in [5, 5.41) is 13.0. The van der Waals surface area contributed by atoms with Crippen LogP contribution in [0, 0.1) is 5.41 Å². The number of aromatic amines is 1. The third-order valence-corrected chi connectivity index (χ3v) is 7.64. The second kappa shape index (κ2) is 9.67. The van der Waals surface area contributed by atoms with E-state index in [4.69, 9.17) is 27.9 Å². The molecule has 3 N–H and O–H groups in total. The van der Waals surface area contributed by atoms with Gasteiger partial charge in [-0.3, -0.25) is 9.78 Å². The van der Waals surface area contributed by atoms with Crippen LogP contribution in [-0.2, 0) is 10.0 Å². The SMILES string of the molecule is CC1(C)CC(NS(=O)(=O)c2cc(Oc3c(Cl)cc(-n4nc(C(F)F)c(=O)[nH]c4=O)cc3Cl)ncc2O)C1. The fourth-order valence-corrected chi connectivity index (χ4v) is 5.79. The highest BCUT2D eigenvalue weighted by atomic mass is 35.5. The average molecular weight is 578 g/mol. The molecule has 1 aromatic carbocycles. The van der Waals surface area contributed by atoms with Crippen LogP contribution in [0.5, 0.6) is 17.4 Å². The fraction of sp³-hybridized carbons (Fsp3) is 0.333. The molecule has 1 aliphatic rings. The van der Waals surface area contributed by atoms with Crippen molar-refractivity contribution in [2.24, 2.45) is 5.41 Å². The highest BCUT2D eigenvalue weighted by Gasteiger charge is 2.39. The Morgan fingerprint density at radius 1 is 1.22 bits per heavy atom. The lowest BCUT2D eigenvalue weighted by Gasteiger charge is -2.42. The molecule has 1 saturated carbocycles. The van der Waals surface area contributed by atoms with Gasteiger partial charge in [-0.15, -0.1) is 0 Å². The van der Waals surface area contributed by atoms with Crippen molar-refractivity contribution in [3.05, 3.63) is 61.0 Å². The Kier molecular flexibility index (Phi) is 7.05. The van der Waals surface area contributed by atoms with E-state index < -0.39 is 44.0 Å². The van der Waals surface area contributed by atoms with Crippen LogP contribution in [0.2, 0.25) is 10.0 Å². The average Bonchev–Trinajstić information content (AvgIpc) is 2.75. The molecule has 0 bridgehead atoms. The molecule has 198 valence electrons. The number of ether oxygens (including phenoxy) is 1. The van der Waals surface area contributed by atoms with E-state index in [0.29, 0.717) is 17.5 Å². The summed E-state index contributed by atoms with van der Waals surface area (Å²) < 4.78 is 60.3. The molecule has 0 aliphatic heterocycles. The van der Waals surface area contributed by atoms with Gasteiger partial charge in [-0.05, 0) is 30.4 Å². The number of halogens is 4. The van der Waals surface area contributed by atoms with Crippen molar-refractivity contribution in [1.82, 2.24) is 24.5 Å². The van der Waals surface area contributed by atoms with Gasteiger partial charge in [-0.1, -0.05) is 37.0 Å². The number of hydrogen-bond acceptors (Lipinski definition) is 8. The summed E-state index contributed by atoms with van der Waals surface area (Å²) in [5.41, 5.74) is -3.80. The predicted octanol–water partition coefficient (Wildman–Crippen LogP) is 3.53. The topological polar surface area (TPSA) is 156 Å². The van der Waals surface area contributed by atoms with Crippen molar-refractivity contribution in [1.29, 1.82) is 0 Å². The zero-order valence-corrected chi connectivity index (χ0v) is 21.5. The van der Waals surface area contributed by atoms with E-state index in [2.05, 4.69) is 14.8 Å². The number of aromatic hydroxyl groups is 1. The smallest absolute Gasteiger partial charge is 0.349 e. The van der Waals surface area contributed by atoms with E-state index in [1.807, 2.05) is 13.8 Å². The number of benzene rings is 1. The van der Waals surface area contributed by atoms with E-state index >= 15 is 0 Å². The zero-order chi connectivity index (χ0) is 27.3. The van der Waals surface area contributed by atoms with Crippen LogP contribution in [0.1, 0.15) is 38.8 Å². The van der Waals surface area contributed by atoms with Crippen molar-refractivity contribution >= 4 is 33.2 Å². The van der Waals surface area contributed by atoms with Gasteiger partial charge >= 0.3 is 5.69 Å². The number of sulfonamides is 1. The lowest BCUT2D eigenvalue weighted by molar-refractivity contribution is 0.141. The van der Waals surface area contributed by atoms with Gasteiger partial charge in [0.05, 0.1) is 21.9 Å². The number of aromatic nitrogens is 4. The van der Waals surface area contributed by atoms with Gasteiger partial charge in [0, 0.05) is 12.1 Å². The van der Waals surface area contributed by atoms with Crippen LogP contribution in [0.25, 0.3) is 5.69 Å². The first-order valence-electron chi connectivity index (χ1n) is 10.6. The number of nitrogens with zero attached hydrogens (tertiary/aromatic N) is 3. The number of hydrogen-bond donors (Lipinski definition) is 3. The first kappa shape index (κ1) is 27.0. The number of alkyl halides is 2. The lowest BCUT2D eigenvalue weighted by Crippen LogP contribution is -2.48. The summed E-state index contributed by atoms with van der Waals surface area (Å²) >= 11 is 12.4. The molecule has 0 radical (unpaired) electrons. The number of nitrogens with one attached hydrogen (secondary N) is 2. The lowest BCUT2D eigenvalue weighted by atomic mass is 9.69. The van der Waals surface area contributed by atoms with Crippen LogP contribution < -0.4 is 20.7 Å². The van der Waals surface area contributed by atoms with E-state index in [1.54, 1.807) is 4.98 Å². The molecule has 1 fully saturated rings. The Morgan fingerprint density at radius 3 is 2.41 bits per heavy atom. The predicted molar refractivity (Wildman–Crippen MR) is 129 cm³/mol. The van der Waals surface area contributed by atoms with Crippen molar-refractivity contribution in [3.63, 3.8) is 0 Å². The molecular weight excluding hydrogens is 559 g/mol. The first-order chi connectivity index (χ1) is 17.2. The second-order valence-corrected chi connectivity index (χ2v) is 11.6. The molecule has 16 heteroatoms. The summed E-state index contributed by atoms with van der Waals surface area (Å²) in [7, 11) is -4.12. The number of pyridine rings is 1. The molecule has 4 rings (SSSR count). The third kappa shape index (κ3) is 5.61. The Hall–Kier alpha value is -3.07. The van der Waals surface area contributed by atoms with Crippen LogP contribution in [0.4, 0.5) is 8.78 Å². The van der Waals surface area contributed by atoms with Gasteiger partial charge in [-0.2, -0.15) is 9.78 Å². The zero-order valence-electron chi connectivity index (χ0n) is 19.1. The highest BCUT2D eigenvalue weighted by molar-refractivity contribution is 7.89. The molecule has 0 amide bonds. The maximum atomic E-state index is 13.1. The van der Waals surface area contributed by atoms with Crippen molar-refractivity contribution in [3.8, 4) is 23.1 Å². The normalized spacial score (nSPS) is 15.5. The molecule has 1 aliphatic carbocycles. The maximum Gasteiger partial charge on any atom is 0.349 e. The van der Waals surface area contributed by atoms with Gasteiger partial charge in [-0.25, -0.2) is 31.7 Å². The molecule has 0 unspecified atom stereocenters. The third-order valence-electron chi connectivity index (χ3n) is 5.52. The van der Waals surface area contributed by atoms with Crippen LogP contribution in [0.15, 0.2) is 38.9 Å². The molecule has 37 heavy (non-hydrogen) atoms. The highest BCUT2D eigenvalue weighted by Crippen LogP contribution is 2.41. The van der Waals surface area contributed by atoms with Gasteiger partial charge in [0.15, 0.2) is 17.2 Å². The first-order valence-corrected chi connectivity index (χ1v) is 12.8. The summed E-state index contributed by atoms with van der Waals surface area (Å²) in [6, 6.07) is 2.89. The monoisotopic (exact) mass is 577 g/mol. The molecular formula is C21H19Cl2F2N5O6S. The van der Waals surface area contributed by atoms with Crippen LogP contribution >= 0.6 is 23.2 Å². The second-order valence-electron chi connectivity index (χ2n) is 9.08. The largest absolute Gasteiger partial charge is 0.505 e. The summed E-state index contributed by atoms with van der Waals surface area (Å²) in [5.74, 6) is -1.11. The van der Waals surface area contributed by atoms with E-state index in [0.717, 1.165) is 24.4 Å². The summed E-state index contributed by atoms with van der Waals surface area (Å²) in [6.45, 7) is 4.02. The summed E-state index contributed by atoms with van der Waals surface area (Å²) in [6.07, 6.45) is -1.11. The molecule has 0 spiro atoms. The van der Waals surface area contributed by atoms with Crippen LogP contribution in [0.3, 0.4) is 0 Å². The van der Waals surface area contributed by atoms with Crippen molar-refractivity contribution in [2.45, 2.75) is 44.1 Å². The van der Waals surface area contributed by atoms with E-state index in [1.165, 1.54) is 0 Å². The van der Waals surface area contributed by atoms with Gasteiger partial charge in [0.25, 0.3) is 12.0 Å². The molecule has 3 aromatic rings. The Balaban J connectivity index is 1.64. The van der Waals surface area contributed by atoms with Crippen LogP contribution in [-0.4, -0.2) is 39.3 Å². The molecule has 2 aromatic heterocycles. The van der Waals surface area contributed by atoms with E-state index in [-0.39, 0.29) is 38.8 Å². The van der Waals surface area contributed by atoms with E-state index in [9.17, 15) is 31.9 Å². The molecule has 0 atom stereocenters. The minimum absolute atomic E-state index is 0.0120. The van der Waals surface area contributed by atoms with Gasteiger partial charge < -0.3 is 9.84 Å². The quantitative estimate of drug-likeness (QED) is 0.385. The standard InChI is InChI=1S/C21H19Cl2F2N5O6S/c1-21(2)6-9(7-21)29-37(34,35)14-5-15(26-8-13(14)31)36-17-11(22)3-10(4-12(17)23)30-20(33)27-19(32)16(28-30)18(24)25/h3-5,8-9,18,29,31H,6-7H2,1-2H3,(H,27,32,33). The number of H-pyrrole nitrogens is 1. The van der Waals surface area contributed by atoms with Crippen molar-refractivity contribution < 1.29 is 27.0 Å². The number of rotatable bonds is 7. The molecule has 2 heterocycles. The van der Waals surface area contributed by atoms with Crippen molar-refractivity contribution in [2.75, 3.05) is 0 Å². The fourth-order valence-electron chi connectivity index (χ4n) is 3.92. The minimum Gasteiger partial charge on any atom is -0.505 e.